The van der Waals surface area contributed by atoms with Gasteiger partial charge in [0.1, 0.15) is 5.82 Å². The standard InChI is InChI=1S/C16H17FN2OS/c1-11-2-4-12(5-3-11)9-19-16(20)10-21-15-7-13(17)6-14(18)8-15/h2-8H,9-10,18H2,1H3,(H,19,20). The first-order valence-electron chi connectivity index (χ1n) is 6.54. The predicted molar refractivity (Wildman–Crippen MR) is 84.6 cm³/mol. The Labute approximate surface area is 127 Å². The van der Waals surface area contributed by atoms with E-state index in [1.807, 2.05) is 31.2 Å². The molecule has 0 bridgehead atoms. The summed E-state index contributed by atoms with van der Waals surface area (Å²) in [7, 11) is 0. The van der Waals surface area contributed by atoms with E-state index in [1.54, 1.807) is 6.07 Å². The summed E-state index contributed by atoms with van der Waals surface area (Å²) in [5.74, 6) is -0.254. The Bertz CT molecular complexity index is 608. The van der Waals surface area contributed by atoms with Gasteiger partial charge in [-0.1, -0.05) is 29.8 Å². The van der Waals surface area contributed by atoms with E-state index in [-0.39, 0.29) is 11.7 Å². The van der Waals surface area contributed by atoms with Gasteiger partial charge < -0.3 is 11.1 Å². The van der Waals surface area contributed by atoms with Gasteiger partial charge in [-0.15, -0.1) is 11.8 Å². The number of aryl methyl sites for hydroxylation is 1. The second-order valence-corrected chi connectivity index (χ2v) is 5.82. The molecular formula is C16H17FN2OS. The molecule has 0 fully saturated rings. The van der Waals surface area contributed by atoms with Crippen molar-refractivity contribution in [3.05, 3.63) is 59.4 Å². The van der Waals surface area contributed by atoms with E-state index in [4.69, 9.17) is 5.73 Å². The van der Waals surface area contributed by atoms with E-state index in [9.17, 15) is 9.18 Å². The Kier molecular flexibility index (Phi) is 5.22. The van der Waals surface area contributed by atoms with Crippen LogP contribution in [0.15, 0.2) is 47.4 Å². The summed E-state index contributed by atoms with van der Waals surface area (Å²) in [5, 5.41) is 2.83. The zero-order valence-corrected chi connectivity index (χ0v) is 12.5. The molecule has 0 aromatic heterocycles. The third-order valence-corrected chi connectivity index (χ3v) is 3.85. The Morgan fingerprint density at radius 3 is 2.62 bits per heavy atom. The molecule has 110 valence electrons. The van der Waals surface area contributed by atoms with Crippen LogP contribution in [0.2, 0.25) is 0 Å². The fourth-order valence-corrected chi connectivity index (χ4v) is 2.59. The van der Waals surface area contributed by atoms with E-state index in [1.165, 1.54) is 29.5 Å². The summed E-state index contributed by atoms with van der Waals surface area (Å²) < 4.78 is 13.2. The average molecular weight is 304 g/mol. The van der Waals surface area contributed by atoms with Crippen molar-refractivity contribution in [3.8, 4) is 0 Å². The number of nitrogens with two attached hydrogens (primary N) is 1. The van der Waals surface area contributed by atoms with Crippen molar-refractivity contribution in [2.45, 2.75) is 18.4 Å². The summed E-state index contributed by atoms with van der Waals surface area (Å²) in [4.78, 5) is 12.4. The fourth-order valence-electron chi connectivity index (χ4n) is 1.77. The number of hydrogen-bond acceptors (Lipinski definition) is 3. The lowest BCUT2D eigenvalue weighted by atomic mass is 10.1. The van der Waals surface area contributed by atoms with Gasteiger partial charge in [0.2, 0.25) is 5.91 Å². The van der Waals surface area contributed by atoms with Gasteiger partial charge in [0, 0.05) is 17.1 Å². The summed E-state index contributed by atoms with van der Waals surface area (Å²) in [6.07, 6.45) is 0. The molecule has 5 heteroatoms. The first-order chi connectivity index (χ1) is 10.0. The van der Waals surface area contributed by atoms with Crippen LogP contribution in [-0.2, 0) is 11.3 Å². The first kappa shape index (κ1) is 15.4. The van der Waals surface area contributed by atoms with Crippen molar-refractivity contribution in [2.24, 2.45) is 0 Å². The third-order valence-electron chi connectivity index (χ3n) is 2.87. The lowest BCUT2D eigenvalue weighted by Crippen LogP contribution is -2.24. The van der Waals surface area contributed by atoms with Gasteiger partial charge in [0.05, 0.1) is 5.75 Å². The molecule has 2 aromatic carbocycles. The van der Waals surface area contributed by atoms with Crippen LogP contribution in [0, 0.1) is 12.7 Å². The molecule has 2 aromatic rings. The van der Waals surface area contributed by atoms with Crippen LogP contribution in [0.3, 0.4) is 0 Å². The van der Waals surface area contributed by atoms with Crippen molar-refractivity contribution in [1.29, 1.82) is 0 Å². The minimum absolute atomic E-state index is 0.0941. The predicted octanol–water partition coefficient (Wildman–Crippen LogP) is 3.12. The largest absolute Gasteiger partial charge is 0.399 e. The molecule has 21 heavy (non-hydrogen) atoms. The van der Waals surface area contributed by atoms with E-state index in [0.29, 0.717) is 17.1 Å². The molecule has 0 aliphatic rings. The van der Waals surface area contributed by atoms with Crippen LogP contribution in [0.25, 0.3) is 0 Å². The Balaban J connectivity index is 1.80. The number of carbonyl (C=O) groups is 1. The van der Waals surface area contributed by atoms with Crippen molar-refractivity contribution in [3.63, 3.8) is 0 Å². The lowest BCUT2D eigenvalue weighted by molar-refractivity contribution is -0.118. The van der Waals surface area contributed by atoms with E-state index in [2.05, 4.69) is 5.32 Å². The molecule has 0 spiro atoms. The van der Waals surface area contributed by atoms with E-state index < -0.39 is 5.82 Å². The Hall–Kier alpha value is -2.01. The van der Waals surface area contributed by atoms with Gasteiger partial charge >= 0.3 is 0 Å². The van der Waals surface area contributed by atoms with Crippen LogP contribution >= 0.6 is 11.8 Å². The second kappa shape index (κ2) is 7.13. The maximum atomic E-state index is 13.2. The molecule has 2 rings (SSSR count). The second-order valence-electron chi connectivity index (χ2n) is 4.77. The molecule has 3 N–H and O–H groups in total. The summed E-state index contributed by atoms with van der Waals surface area (Å²) in [6.45, 7) is 2.51. The van der Waals surface area contributed by atoms with Crippen LogP contribution in [-0.4, -0.2) is 11.7 Å². The number of halogens is 1. The van der Waals surface area contributed by atoms with Gasteiger partial charge in [-0.3, -0.25) is 4.79 Å². The highest BCUT2D eigenvalue weighted by Crippen LogP contribution is 2.21. The summed E-state index contributed by atoms with van der Waals surface area (Å²) in [6, 6.07) is 12.3. The molecule has 0 aliphatic heterocycles. The van der Waals surface area contributed by atoms with Gasteiger partial charge in [-0.25, -0.2) is 4.39 Å². The third kappa shape index (κ3) is 5.11. The first-order valence-corrected chi connectivity index (χ1v) is 7.52. The molecule has 0 radical (unpaired) electrons. The highest BCUT2D eigenvalue weighted by Gasteiger charge is 2.05. The van der Waals surface area contributed by atoms with Crippen molar-refractivity contribution in [1.82, 2.24) is 5.32 Å². The van der Waals surface area contributed by atoms with Gasteiger partial charge in [0.25, 0.3) is 0 Å². The zero-order chi connectivity index (χ0) is 15.2. The number of thioether (sulfide) groups is 1. The molecule has 0 saturated carbocycles. The molecule has 0 unspecified atom stereocenters. The van der Waals surface area contributed by atoms with Crippen LogP contribution in [0.4, 0.5) is 10.1 Å². The minimum Gasteiger partial charge on any atom is -0.399 e. The molecule has 3 nitrogen and oxygen atoms in total. The lowest BCUT2D eigenvalue weighted by Gasteiger charge is -2.06. The van der Waals surface area contributed by atoms with Crippen LogP contribution in [0.1, 0.15) is 11.1 Å². The number of hydrogen-bond donors (Lipinski definition) is 2. The number of carbonyl (C=O) groups excluding carboxylic acids is 1. The number of amides is 1. The van der Waals surface area contributed by atoms with Gasteiger partial charge in [-0.05, 0) is 30.7 Å². The average Bonchev–Trinajstić information content (AvgIpc) is 2.43. The van der Waals surface area contributed by atoms with Crippen molar-refractivity contribution in [2.75, 3.05) is 11.5 Å². The highest BCUT2D eigenvalue weighted by molar-refractivity contribution is 8.00. The van der Waals surface area contributed by atoms with E-state index >= 15 is 0 Å². The maximum Gasteiger partial charge on any atom is 0.230 e. The SMILES string of the molecule is Cc1ccc(CNC(=O)CSc2cc(N)cc(F)c2)cc1. The van der Waals surface area contributed by atoms with Crippen LogP contribution < -0.4 is 11.1 Å². The fraction of sp³-hybridized carbons (Fsp3) is 0.188. The van der Waals surface area contributed by atoms with E-state index in [0.717, 1.165) is 5.56 Å². The molecular weight excluding hydrogens is 287 g/mol. The normalized spacial score (nSPS) is 10.4. The smallest absolute Gasteiger partial charge is 0.230 e. The van der Waals surface area contributed by atoms with Crippen LogP contribution in [0.5, 0.6) is 0 Å². The van der Waals surface area contributed by atoms with Crippen molar-refractivity contribution < 1.29 is 9.18 Å². The molecule has 0 saturated heterocycles. The Morgan fingerprint density at radius 2 is 1.95 bits per heavy atom. The molecule has 1 amide bonds. The minimum atomic E-state index is -0.391. The molecule has 0 heterocycles. The number of nitrogens with one attached hydrogen (secondary N) is 1. The number of rotatable bonds is 5. The molecule has 0 aliphatic carbocycles. The topological polar surface area (TPSA) is 55.1 Å². The van der Waals surface area contributed by atoms with Gasteiger partial charge in [-0.2, -0.15) is 0 Å². The number of anilines is 1. The summed E-state index contributed by atoms with van der Waals surface area (Å²) in [5.41, 5.74) is 8.15. The molecule has 0 atom stereocenters. The quantitative estimate of drug-likeness (QED) is 0.659. The number of benzene rings is 2. The zero-order valence-electron chi connectivity index (χ0n) is 11.7. The highest BCUT2D eigenvalue weighted by atomic mass is 32.2. The monoisotopic (exact) mass is 304 g/mol. The Morgan fingerprint density at radius 1 is 1.24 bits per heavy atom. The maximum absolute atomic E-state index is 13.2. The number of nitrogen functional groups attached to an aromatic ring is 1. The van der Waals surface area contributed by atoms with Crippen molar-refractivity contribution >= 4 is 23.4 Å². The summed E-state index contributed by atoms with van der Waals surface area (Å²) >= 11 is 1.26. The van der Waals surface area contributed by atoms with Gasteiger partial charge in [0.15, 0.2) is 0 Å².